The van der Waals surface area contributed by atoms with Crippen LogP contribution in [0, 0.1) is 5.41 Å². The summed E-state index contributed by atoms with van der Waals surface area (Å²) < 4.78 is 5.70. The van der Waals surface area contributed by atoms with Crippen molar-refractivity contribution in [1.29, 1.82) is 5.41 Å². The molecule has 130 valence electrons. The number of nitrogens with one attached hydrogen (secondary N) is 2. The lowest BCUT2D eigenvalue weighted by atomic mass is 9.95. The summed E-state index contributed by atoms with van der Waals surface area (Å²) in [4.78, 5) is 12.3. The Bertz CT molecular complexity index is 774. The van der Waals surface area contributed by atoms with Gasteiger partial charge >= 0.3 is 0 Å². The highest BCUT2D eigenvalue weighted by Crippen LogP contribution is 2.36. The Hall–Kier alpha value is -2.82. The average Bonchev–Trinajstić information content (AvgIpc) is 3.04. The van der Waals surface area contributed by atoms with Gasteiger partial charge in [-0.2, -0.15) is 0 Å². The van der Waals surface area contributed by atoms with E-state index in [1.54, 1.807) is 6.07 Å². The molecule has 0 bridgehead atoms. The molecule has 0 fully saturated rings. The minimum Gasteiger partial charge on any atom is -0.493 e. The van der Waals surface area contributed by atoms with Gasteiger partial charge in [0.25, 0.3) is 0 Å². The van der Waals surface area contributed by atoms with Crippen LogP contribution in [0.2, 0.25) is 0 Å². The summed E-state index contributed by atoms with van der Waals surface area (Å²) in [6.45, 7) is 3.10. The summed E-state index contributed by atoms with van der Waals surface area (Å²) in [6.07, 6.45) is 0.793. The molecule has 0 saturated heterocycles. The Balaban J connectivity index is 1.56. The van der Waals surface area contributed by atoms with Gasteiger partial charge in [0.2, 0.25) is 5.91 Å². The monoisotopic (exact) mass is 337 g/mol. The lowest BCUT2D eigenvalue weighted by molar-refractivity contribution is -0.122. The quantitative estimate of drug-likeness (QED) is 0.559. The maximum absolute atomic E-state index is 12.3. The lowest BCUT2D eigenvalue weighted by Gasteiger charge is -2.14. The number of amidine groups is 1. The second-order valence-electron chi connectivity index (χ2n) is 6.39. The van der Waals surface area contributed by atoms with E-state index in [4.69, 9.17) is 15.9 Å². The van der Waals surface area contributed by atoms with Gasteiger partial charge in [-0.3, -0.25) is 10.2 Å². The van der Waals surface area contributed by atoms with Crippen molar-refractivity contribution in [2.75, 3.05) is 13.2 Å². The third-order valence-corrected chi connectivity index (χ3v) is 4.69. The van der Waals surface area contributed by atoms with Crippen molar-refractivity contribution in [1.82, 2.24) is 5.32 Å². The molecule has 2 atom stereocenters. The molecule has 4 N–H and O–H groups in total. The minimum atomic E-state index is -0.169. The van der Waals surface area contributed by atoms with Crippen LogP contribution in [0.15, 0.2) is 48.5 Å². The van der Waals surface area contributed by atoms with E-state index in [-0.39, 0.29) is 23.6 Å². The van der Waals surface area contributed by atoms with Gasteiger partial charge < -0.3 is 15.8 Å². The van der Waals surface area contributed by atoms with E-state index in [0.717, 1.165) is 23.3 Å². The van der Waals surface area contributed by atoms with Gasteiger partial charge in [-0.25, -0.2) is 0 Å². The van der Waals surface area contributed by atoms with Crippen molar-refractivity contribution in [3.63, 3.8) is 0 Å². The smallest absolute Gasteiger partial charge is 0.227 e. The molecule has 5 heteroatoms. The molecule has 2 aromatic carbocycles. The van der Waals surface area contributed by atoms with Crippen LogP contribution < -0.4 is 15.8 Å². The number of amides is 1. The first kappa shape index (κ1) is 17.0. The normalized spacial score (nSPS) is 16.6. The Labute approximate surface area is 147 Å². The topological polar surface area (TPSA) is 88.2 Å². The third kappa shape index (κ3) is 3.82. The van der Waals surface area contributed by atoms with Crippen molar-refractivity contribution in [3.8, 4) is 5.75 Å². The Morgan fingerprint density at radius 1 is 1.32 bits per heavy atom. The molecule has 0 aliphatic carbocycles. The molecule has 5 nitrogen and oxygen atoms in total. The van der Waals surface area contributed by atoms with Gasteiger partial charge in [-0.1, -0.05) is 30.3 Å². The van der Waals surface area contributed by atoms with E-state index < -0.39 is 0 Å². The summed E-state index contributed by atoms with van der Waals surface area (Å²) in [5.74, 6) is 0.972. The van der Waals surface area contributed by atoms with Gasteiger partial charge in [0.15, 0.2) is 0 Å². The fourth-order valence-electron chi connectivity index (χ4n) is 3.10. The molecule has 1 aliphatic heterocycles. The number of rotatable bonds is 6. The van der Waals surface area contributed by atoms with Crippen LogP contribution in [-0.2, 0) is 4.79 Å². The van der Waals surface area contributed by atoms with E-state index in [1.807, 2.05) is 49.4 Å². The van der Waals surface area contributed by atoms with Gasteiger partial charge in [-0.15, -0.1) is 0 Å². The van der Waals surface area contributed by atoms with Crippen molar-refractivity contribution in [2.24, 2.45) is 5.73 Å². The summed E-state index contributed by atoms with van der Waals surface area (Å²) in [5.41, 5.74) is 8.35. The van der Waals surface area contributed by atoms with E-state index in [0.29, 0.717) is 18.7 Å². The largest absolute Gasteiger partial charge is 0.493 e. The molecular formula is C20H23N3O2. The number of nitrogen functional groups attached to an aromatic ring is 1. The molecule has 1 heterocycles. The summed E-state index contributed by atoms with van der Waals surface area (Å²) in [5, 5.41) is 10.6. The summed E-state index contributed by atoms with van der Waals surface area (Å²) in [6, 6.07) is 15.3. The van der Waals surface area contributed by atoms with Crippen LogP contribution in [0.1, 0.15) is 41.9 Å². The van der Waals surface area contributed by atoms with Gasteiger partial charge in [0.1, 0.15) is 11.6 Å². The Kier molecular flexibility index (Phi) is 5.03. The number of hydrogen-bond donors (Lipinski definition) is 3. The number of hydrogen-bond acceptors (Lipinski definition) is 3. The molecule has 0 aromatic heterocycles. The predicted octanol–water partition coefficient (Wildman–Crippen LogP) is 2.76. The summed E-state index contributed by atoms with van der Waals surface area (Å²) in [7, 11) is 0. The number of ether oxygens (including phenoxy) is 1. The molecule has 2 unspecified atom stereocenters. The number of fused-ring (bicyclic) bond motifs is 1. The standard InChI is InChI=1S/C20H23N3O2/c1-13(14-5-3-2-4-6-14)20(24)23-10-9-16-12-25-18-8-7-15(19(21)22)11-17(16)18/h2-8,11,13,16H,9-10,12H2,1H3,(H3,21,22)(H,23,24). The molecule has 1 aliphatic rings. The van der Waals surface area contributed by atoms with E-state index in [9.17, 15) is 4.79 Å². The zero-order chi connectivity index (χ0) is 17.8. The average molecular weight is 337 g/mol. The van der Waals surface area contributed by atoms with Crippen LogP contribution in [0.5, 0.6) is 5.75 Å². The minimum absolute atomic E-state index is 0.0304. The highest BCUT2D eigenvalue weighted by Gasteiger charge is 2.25. The van der Waals surface area contributed by atoms with Crippen LogP contribution in [0.25, 0.3) is 0 Å². The van der Waals surface area contributed by atoms with Gasteiger partial charge in [0.05, 0.1) is 12.5 Å². The van der Waals surface area contributed by atoms with Crippen LogP contribution >= 0.6 is 0 Å². The molecular weight excluding hydrogens is 314 g/mol. The Morgan fingerprint density at radius 3 is 2.80 bits per heavy atom. The first-order valence-corrected chi connectivity index (χ1v) is 8.50. The fraction of sp³-hybridized carbons (Fsp3) is 0.300. The molecule has 0 radical (unpaired) electrons. The van der Waals surface area contributed by atoms with Crippen molar-refractivity contribution >= 4 is 11.7 Å². The molecule has 0 saturated carbocycles. The zero-order valence-electron chi connectivity index (χ0n) is 14.3. The molecule has 0 spiro atoms. The van der Waals surface area contributed by atoms with Crippen molar-refractivity contribution in [3.05, 3.63) is 65.2 Å². The fourth-order valence-corrected chi connectivity index (χ4v) is 3.10. The third-order valence-electron chi connectivity index (χ3n) is 4.69. The predicted molar refractivity (Wildman–Crippen MR) is 98.2 cm³/mol. The highest BCUT2D eigenvalue weighted by atomic mass is 16.5. The molecule has 1 amide bonds. The highest BCUT2D eigenvalue weighted by molar-refractivity contribution is 5.95. The molecule has 3 rings (SSSR count). The zero-order valence-corrected chi connectivity index (χ0v) is 14.3. The van der Waals surface area contributed by atoms with Crippen LogP contribution in [0.4, 0.5) is 0 Å². The Morgan fingerprint density at radius 2 is 2.08 bits per heavy atom. The maximum Gasteiger partial charge on any atom is 0.227 e. The maximum atomic E-state index is 12.3. The number of carbonyl (C=O) groups excluding carboxylic acids is 1. The van der Waals surface area contributed by atoms with Crippen LogP contribution in [0.3, 0.4) is 0 Å². The SMILES string of the molecule is CC(C(=O)NCCC1COc2ccc(C(=N)N)cc21)c1ccccc1. The van der Waals surface area contributed by atoms with Gasteiger partial charge in [-0.05, 0) is 37.1 Å². The molecule has 2 aromatic rings. The van der Waals surface area contributed by atoms with Crippen molar-refractivity contribution in [2.45, 2.75) is 25.2 Å². The van der Waals surface area contributed by atoms with E-state index >= 15 is 0 Å². The second-order valence-corrected chi connectivity index (χ2v) is 6.39. The van der Waals surface area contributed by atoms with Crippen molar-refractivity contribution < 1.29 is 9.53 Å². The molecule has 25 heavy (non-hydrogen) atoms. The van der Waals surface area contributed by atoms with Crippen LogP contribution in [-0.4, -0.2) is 24.9 Å². The lowest BCUT2D eigenvalue weighted by Crippen LogP contribution is -2.29. The van der Waals surface area contributed by atoms with Gasteiger partial charge in [0, 0.05) is 23.6 Å². The summed E-state index contributed by atoms with van der Waals surface area (Å²) >= 11 is 0. The number of benzene rings is 2. The van der Waals surface area contributed by atoms with E-state index in [2.05, 4.69) is 5.32 Å². The van der Waals surface area contributed by atoms with E-state index in [1.165, 1.54) is 0 Å². The first-order chi connectivity index (χ1) is 12.1. The number of nitrogens with two attached hydrogens (primary N) is 1. The first-order valence-electron chi connectivity index (χ1n) is 8.50. The number of carbonyl (C=O) groups is 1. The second kappa shape index (κ2) is 7.38.